The van der Waals surface area contributed by atoms with Gasteiger partial charge in [-0.05, 0) is 17.7 Å². The number of carbonyl (C=O) groups is 1. The molecule has 0 saturated carbocycles. The fraction of sp³-hybridized carbons (Fsp3) is 0.333. The molecule has 24 heavy (non-hydrogen) atoms. The summed E-state index contributed by atoms with van der Waals surface area (Å²) in [5.41, 5.74) is 1.01. The maximum absolute atomic E-state index is 12.9. The van der Waals surface area contributed by atoms with Crippen molar-refractivity contribution in [3.63, 3.8) is 0 Å². The van der Waals surface area contributed by atoms with Crippen molar-refractivity contribution in [2.45, 2.75) is 13.0 Å². The normalized spacial score (nSPS) is 18.3. The van der Waals surface area contributed by atoms with Crippen LogP contribution in [0.5, 0.6) is 0 Å². The number of carbonyl (C=O) groups excluding carboxylic acids is 1. The molecule has 1 fully saturated rings. The van der Waals surface area contributed by atoms with Gasteiger partial charge in [0.25, 0.3) is 0 Å². The van der Waals surface area contributed by atoms with Gasteiger partial charge in [0.2, 0.25) is 5.91 Å². The molecule has 0 spiro atoms. The molecule has 0 aliphatic carbocycles. The van der Waals surface area contributed by atoms with Crippen molar-refractivity contribution in [2.75, 3.05) is 17.2 Å². The van der Waals surface area contributed by atoms with Crippen LogP contribution >= 0.6 is 15.9 Å². The van der Waals surface area contributed by atoms with Gasteiger partial charge in [-0.25, -0.2) is 4.68 Å². The van der Waals surface area contributed by atoms with Gasteiger partial charge in [0.15, 0.2) is 0 Å². The summed E-state index contributed by atoms with van der Waals surface area (Å²) in [6, 6.07) is 9.42. The Hall–Kier alpha value is -1.74. The minimum atomic E-state index is -4.59. The number of halogens is 2. The van der Waals surface area contributed by atoms with Crippen LogP contribution in [0.15, 0.2) is 41.0 Å². The number of anilines is 1. The smallest absolute Gasteiger partial charge is 0.297 e. The highest BCUT2D eigenvalue weighted by Gasteiger charge is 2.35. The molecule has 3 rings (SSSR count). The van der Waals surface area contributed by atoms with Crippen molar-refractivity contribution < 1.29 is 17.1 Å². The summed E-state index contributed by atoms with van der Waals surface area (Å²) in [4.78, 5) is 13.7. The summed E-state index contributed by atoms with van der Waals surface area (Å²) in [6.07, 6.45) is 1.60. The van der Waals surface area contributed by atoms with Gasteiger partial charge in [-0.1, -0.05) is 28.1 Å². The van der Waals surface area contributed by atoms with Crippen LogP contribution in [-0.4, -0.2) is 36.4 Å². The number of hydrogen-bond donors (Lipinski definition) is 0. The highest BCUT2D eigenvalue weighted by atomic mass is 79.9. The minimum Gasteiger partial charge on any atom is -0.297 e. The predicted octanol–water partition coefficient (Wildman–Crippen LogP) is 2.35. The van der Waals surface area contributed by atoms with Gasteiger partial charge in [0.05, 0.1) is 18.5 Å². The van der Waals surface area contributed by atoms with E-state index in [-0.39, 0.29) is 18.9 Å². The lowest BCUT2D eigenvalue weighted by molar-refractivity contribution is -0.117. The van der Waals surface area contributed by atoms with E-state index in [1.165, 1.54) is 4.90 Å². The molecule has 128 valence electrons. The Morgan fingerprint density at radius 3 is 2.62 bits per heavy atom. The average molecular weight is 416 g/mol. The summed E-state index contributed by atoms with van der Waals surface area (Å²) < 4.78 is 37.1. The Morgan fingerprint density at radius 2 is 1.96 bits per heavy atom. The van der Waals surface area contributed by atoms with Crippen molar-refractivity contribution >= 4 is 37.9 Å². The molecule has 2 aromatic rings. The Labute approximate surface area is 147 Å². The molecule has 1 aliphatic rings. The molecule has 0 radical (unpaired) electrons. The number of aromatic nitrogens is 2. The summed E-state index contributed by atoms with van der Waals surface area (Å²) in [5, 5.41) is 4.23. The molecule has 0 N–H and O–H groups in total. The van der Waals surface area contributed by atoms with Gasteiger partial charge in [-0.3, -0.25) is 9.69 Å². The van der Waals surface area contributed by atoms with Crippen LogP contribution in [0.25, 0.3) is 0 Å². The highest BCUT2D eigenvalue weighted by molar-refractivity contribution is 9.10. The second kappa shape index (κ2) is 6.64. The van der Waals surface area contributed by atoms with E-state index in [1.54, 1.807) is 16.9 Å². The van der Waals surface area contributed by atoms with Gasteiger partial charge in [-0.15, -0.1) is 3.89 Å². The first-order chi connectivity index (χ1) is 11.3. The molecule has 1 aromatic carbocycles. The molecule has 1 unspecified atom stereocenters. The maximum atomic E-state index is 12.9. The molecule has 1 saturated heterocycles. The van der Waals surface area contributed by atoms with E-state index in [4.69, 9.17) is 0 Å². The van der Waals surface area contributed by atoms with Gasteiger partial charge >= 0.3 is 10.2 Å². The van der Waals surface area contributed by atoms with Gasteiger partial charge in [0.1, 0.15) is 5.82 Å². The largest absolute Gasteiger partial charge is 0.302 e. The first kappa shape index (κ1) is 17.1. The number of amides is 1. The lowest BCUT2D eigenvalue weighted by atomic mass is 10.1. The van der Waals surface area contributed by atoms with Gasteiger partial charge in [-0.2, -0.15) is 13.5 Å². The molecule has 2 heterocycles. The quantitative estimate of drug-likeness (QED) is 0.702. The van der Waals surface area contributed by atoms with Crippen LogP contribution in [0, 0.1) is 5.92 Å². The molecule has 6 nitrogen and oxygen atoms in total. The Kier molecular flexibility index (Phi) is 4.73. The summed E-state index contributed by atoms with van der Waals surface area (Å²) in [7, 11) is -4.59. The van der Waals surface area contributed by atoms with E-state index in [1.807, 2.05) is 24.3 Å². The third-order valence-corrected chi connectivity index (χ3v) is 5.25. The fourth-order valence-corrected chi connectivity index (χ4v) is 3.89. The van der Waals surface area contributed by atoms with Gasteiger partial charge < -0.3 is 0 Å². The minimum absolute atomic E-state index is 0.0205. The molecule has 1 atom stereocenters. The van der Waals surface area contributed by atoms with Crippen molar-refractivity contribution in [2.24, 2.45) is 5.92 Å². The highest BCUT2D eigenvalue weighted by Crippen LogP contribution is 2.26. The Balaban J connectivity index is 1.77. The Morgan fingerprint density at radius 1 is 1.25 bits per heavy atom. The molecule has 1 aliphatic heterocycles. The fourth-order valence-electron chi connectivity index (χ4n) is 2.84. The first-order valence-electron chi connectivity index (χ1n) is 7.31. The van der Waals surface area contributed by atoms with E-state index >= 15 is 0 Å². The van der Waals surface area contributed by atoms with Crippen LogP contribution < -0.4 is 4.90 Å². The number of nitrogens with zero attached hydrogens (tertiary/aromatic N) is 3. The third-order valence-electron chi connectivity index (χ3n) is 3.86. The topological polar surface area (TPSA) is 72.3 Å². The van der Waals surface area contributed by atoms with Crippen LogP contribution in [0.4, 0.5) is 9.70 Å². The second-order valence-electron chi connectivity index (χ2n) is 5.75. The van der Waals surface area contributed by atoms with Gasteiger partial charge in [0, 0.05) is 29.4 Å². The van der Waals surface area contributed by atoms with E-state index in [2.05, 4.69) is 21.0 Å². The van der Waals surface area contributed by atoms with Crippen molar-refractivity contribution in [1.82, 2.24) is 9.78 Å². The summed E-state index contributed by atoms with van der Waals surface area (Å²) in [6.45, 7) is 0.652. The zero-order valence-corrected chi connectivity index (χ0v) is 15.0. The van der Waals surface area contributed by atoms with Crippen LogP contribution in [-0.2, 0) is 21.6 Å². The van der Waals surface area contributed by atoms with Crippen LogP contribution in [0.3, 0.4) is 0 Å². The number of hydrogen-bond acceptors (Lipinski definition) is 4. The Bertz CT molecular complexity index is 851. The summed E-state index contributed by atoms with van der Waals surface area (Å²) >= 11 is 3.38. The van der Waals surface area contributed by atoms with E-state index in [9.17, 15) is 17.1 Å². The lowest BCUT2D eigenvalue weighted by Gasteiger charge is -2.18. The summed E-state index contributed by atoms with van der Waals surface area (Å²) in [5.74, 6) is -0.803. The molecular formula is C15H15BrFN3O3S. The van der Waals surface area contributed by atoms with Crippen molar-refractivity contribution in [1.29, 1.82) is 0 Å². The molecule has 9 heteroatoms. The predicted molar refractivity (Wildman–Crippen MR) is 90.8 cm³/mol. The number of benzene rings is 1. The first-order valence-corrected chi connectivity index (χ1v) is 9.65. The molecule has 1 aromatic heterocycles. The molecule has 1 amide bonds. The molecule has 0 bridgehead atoms. The van der Waals surface area contributed by atoms with E-state index in [0.29, 0.717) is 12.4 Å². The van der Waals surface area contributed by atoms with E-state index in [0.717, 1.165) is 10.0 Å². The monoisotopic (exact) mass is 415 g/mol. The number of rotatable bonds is 5. The molecular weight excluding hydrogens is 401 g/mol. The third kappa shape index (κ3) is 4.02. The SMILES string of the molecule is O=C1CC(CS(=O)(=O)F)CN1c1ccnn1Cc1ccc(Br)cc1. The van der Waals surface area contributed by atoms with E-state index < -0.39 is 21.9 Å². The second-order valence-corrected chi connectivity index (χ2v) is 8.08. The van der Waals surface area contributed by atoms with Crippen LogP contribution in [0.1, 0.15) is 12.0 Å². The van der Waals surface area contributed by atoms with Crippen LogP contribution in [0.2, 0.25) is 0 Å². The van der Waals surface area contributed by atoms with Crippen molar-refractivity contribution in [3.8, 4) is 0 Å². The average Bonchev–Trinajstić information content (AvgIpc) is 3.06. The zero-order chi connectivity index (χ0) is 17.3. The van der Waals surface area contributed by atoms with Crippen molar-refractivity contribution in [3.05, 3.63) is 46.6 Å². The standard InChI is InChI=1S/C15H15BrFN3O3S/c16-13-3-1-11(2-4-13)9-20-14(5-6-18-20)19-8-12(7-15(19)21)10-24(17,22)23/h1-6,12H,7-10H2. The zero-order valence-electron chi connectivity index (χ0n) is 12.6. The lowest BCUT2D eigenvalue weighted by Crippen LogP contribution is -2.28. The maximum Gasteiger partial charge on any atom is 0.302 e.